The van der Waals surface area contributed by atoms with E-state index < -0.39 is 0 Å². The Morgan fingerprint density at radius 2 is 1.71 bits per heavy atom. The van der Waals surface area contributed by atoms with Gasteiger partial charge in [0.2, 0.25) is 6.71 Å². The molecular weight excluding hydrogens is 507 g/mol. The van der Waals surface area contributed by atoms with E-state index >= 15 is 0 Å². The molecule has 210 valence electrons. The lowest BCUT2D eigenvalue weighted by atomic mass is 9.38. The molecule has 42 heavy (non-hydrogen) atoms. The Labute approximate surface area is 252 Å². The van der Waals surface area contributed by atoms with Crippen molar-refractivity contribution in [3.05, 3.63) is 132 Å². The summed E-state index contributed by atoms with van der Waals surface area (Å²) in [5.74, 6) is 0. The predicted molar refractivity (Wildman–Crippen MR) is 188 cm³/mol. The monoisotopic (exact) mass is 548 g/mol. The van der Waals surface area contributed by atoms with Crippen molar-refractivity contribution in [2.24, 2.45) is 4.99 Å². The molecule has 4 aromatic rings. The normalized spacial score (nSPS) is 14.1. The van der Waals surface area contributed by atoms with E-state index in [0.29, 0.717) is 6.71 Å². The van der Waals surface area contributed by atoms with Gasteiger partial charge in [-0.2, -0.15) is 0 Å². The molecule has 0 saturated carbocycles. The second kappa shape index (κ2) is 14.0. The maximum absolute atomic E-state index is 4.15. The van der Waals surface area contributed by atoms with E-state index in [2.05, 4.69) is 147 Å². The molecule has 0 unspecified atom stereocenters. The summed E-state index contributed by atoms with van der Waals surface area (Å²) in [5.41, 5.74) is 12.0. The number of rotatable bonds is 7. The van der Waals surface area contributed by atoms with E-state index in [1.165, 1.54) is 56.0 Å². The second-order valence-corrected chi connectivity index (χ2v) is 11.1. The highest BCUT2D eigenvalue weighted by atomic mass is 14.8. The van der Waals surface area contributed by atoms with Gasteiger partial charge in [0.15, 0.2) is 0 Å². The summed E-state index contributed by atoms with van der Waals surface area (Å²) in [4.78, 5) is 4.15. The predicted octanol–water partition coefficient (Wildman–Crippen LogP) is 9.93. The Morgan fingerprint density at radius 1 is 0.929 bits per heavy atom. The molecule has 0 spiro atoms. The summed E-state index contributed by atoms with van der Waals surface area (Å²) in [7, 11) is 1.82. The third-order valence-corrected chi connectivity index (χ3v) is 7.99. The van der Waals surface area contributed by atoms with Crippen molar-refractivity contribution in [1.82, 2.24) is 0 Å². The summed E-state index contributed by atoms with van der Waals surface area (Å²) < 4.78 is 0. The van der Waals surface area contributed by atoms with Crippen LogP contribution < -0.4 is 10.8 Å². The van der Waals surface area contributed by atoms with E-state index in [1.807, 2.05) is 13.3 Å². The zero-order valence-electron chi connectivity index (χ0n) is 25.4. The van der Waals surface area contributed by atoms with Crippen molar-refractivity contribution < 1.29 is 0 Å². The maximum Gasteiger partial charge on any atom is 0.210 e. The highest BCUT2D eigenvalue weighted by Crippen LogP contribution is 2.41. The third kappa shape index (κ3) is 6.26. The number of benzene rings is 4. The average Bonchev–Trinajstić information content (AvgIpc) is 3.34. The molecule has 0 saturated heterocycles. The van der Waals surface area contributed by atoms with Crippen LogP contribution in [0, 0.1) is 6.92 Å². The fraction of sp³-hybridized carbons (Fsp3) is 0.205. The first-order valence-corrected chi connectivity index (χ1v) is 15.3. The van der Waals surface area contributed by atoms with Crippen LogP contribution in [-0.2, 0) is 0 Å². The van der Waals surface area contributed by atoms with Crippen LogP contribution in [0.1, 0.15) is 49.8 Å². The SMILES string of the molecule is CCC.CN=C/C=C\CB1C2=C(C=CCC2)c2ccc(N/C=C\c3ccccc3C)c(-c3ccc4ccccc4c3)c21. The Kier molecular flexibility index (Phi) is 9.72. The molecule has 0 atom stereocenters. The van der Waals surface area contributed by atoms with Crippen molar-refractivity contribution in [3.63, 3.8) is 0 Å². The molecule has 0 amide bonds. The van der Waals surface area contributed by atoms with Gasteiger partial charge in [-0.1, -0.05) is 116 Å². The molecule has 0 fully saturated rings. The highest BCUT2D eigenvalue weighted by molar-refractivity contribution is 6.85. The molecule has 1 aliphatic carbocycles. The molecular formula is C39H41BN2. The number of aliphatic imine (C=N–C) groups is 1. The van der Waals surface area contributed by atoms with Crippen molar-refractivity contribution in [3.8, 4) is 11.1 Å². The zero-order chi connectivity index (χ0) is 29.3. The number of allylic oxidation sites excluding steroid dienone is 6. The molecule has 6 rings (SSSR count). The molecule has 3 heteroatoms. The molecule has 1 heterocycles. The van der Waals surface area contributed by atoms with E-state index in [-0.39, 0.29) is 0 Å². The number of fused-ring (bicyclic) bond motifs is 3. The standard InChI is InChI=1S/C36H33BN2.C3H8/c1-26-11-3-4-12-27(26)21-24-39-34-20-19-32-31-15-7-8-16-33(31)37(22-9-10-23-38-2)36(32)35(34)30-18-17-28-13-5-6-14-29(28)25-30;1-3-2/h3-7,9-15,17-21,23-25,39H,8,16,22H2,1-2H3;3H2,1-2H3/b10-9-,24-21-,38-23?;. The number of aryl methyl sites for hydroxylation is 1. The van der Waals surface area contributed by atoms with Crippen LogP contribution in [0.2, 0.25) is 6.32 Å². The van der Waals surface area contributed by atoms with Gasteiger partial charge >= 0.3 is 0 Å². The Morgan fingerprint density at radius 3 is 2.52 bits per heavy atom. The summed E-state index contributed by atoms with van der Waals surface area (Å²) >= 11 is 0. The number of hydrogen-bond acceptors (Lipinski definition) is 2. The smallest absolute Gasteiger partial charge is 0.210 e. The molecule has 4 aromatic carbocycles. The molecule has 0 aromatic heterocycles. The summed E-state index contributed by atoms with van der Waals surface area (Å²) in [5, 5.41) is 6.22. The molecule has 2 aliphatic rings. The minimum atomic E-state index is 0.352. The fourth-order valence-corrected chi connectivity index (χ4v) is 6.09. The summed E-state index contributed by atoms with van der Waals surface area (Å²) in [6.07, 6.45) is 19.6. The number of nitrogens with zero attached hydrogens (tertiary/aromatic N) is 1. The molecule has 0 radical (unpaired) electrons. The average molecular weight is 549 g/mol. The first kappa shape index (κ1) is 29.1. The van der Waals surface area contributed by atoms with Gasteiger partial charge in [-0.3, -0.25) is 4.99 Å². The van der Waals surface area contributed by atoms with Gasteiger partial charge in [0, 0.05) is 30.7 Å². The number of anilines is 1. The van der Waals surface area contributed by atoms with Gasteiger partial charge in [0.1, 0.15) is 0 Å². The van der Waals surface area contributed by atoms with Crippen LogP contribution in [0.25, 0.3) is 33.5 Å². The van der Waals surface area contributed by atoms with Gasteiger partial charge in [-0.15, -0.1) is 0 Å². The van der Waals surface area contributed by atoms with Crippen LogP contribution in [-0.4, -0.2) is 20.0 Å². The van der Waals surface area contributed by atoms with Crippen LogP contribution in [0.5, 0.6) is 0 Å². The van der Waals surface area contributed by atoms with Crippen molar-refractivity contribution in [1.29, 1.82) is 0 Å². The third-order valence-electron chi connectivity index (χ3n) is 7.99. The summed E-state index contributed by atoms with van der Waals surface area (Å²) in [6, 6.07) is 28.6. The van der Waals surface area contributed by atoms with Crippen LogP contribution in [0.4, 0.5) is 5.69 Å². The minimum Gasteiger partial charge on any atom is -0.361 e. The molecule has 1 N–H and O–H groups in total. The highest BCUT2D eigenvalue weighted by Gasteiger charge is 2.36. The van der Waals surface area contributed by atoms with E-state index in [0.717, 1.165) is 24.8 Å². The maximum atomic E-state index is 4.15. The lowest BCUT2D eigenvalue weighted by molar-refractivity contribution is 1.02. The van der Waals surface area contributed by atoms with Crippen molar-refractivity contribution in [2.75, 3.05) is 12.4 Å². The van der Waals surface area contributed by atoms with Gasteiger partial charge in [0.25, 0.3) is 0 Å². The first-order valence-electron chi connectivity index (χ1n) is 15.3. The lowest BCUT2D eigenvalue weighted by Crippen LogP contribution is -2.32. The Balaban J connectivity index is 0.00000113. The zero-order valence-corrected chi connectivity index (χ0v) is 25.4. The van der Waals surface area contributed by atoms with E-state index in [4.69, 9.17) is 0 Å². The quantitative estimate of drug-likeness (QED) is 0.180. The van der Waals surface area contributed by atoms with E-state index in [1.54, 1.807) is 5.47 Å². The Hall–Kier alpha value is -4.37. The van der Waals surface area contributed by atoms with Gasteiger partial charge in [-0.05, 0) is 89.0 Å². The largest absolute Gasteiger partial charge is 0.361 e. The van der Waals surface area contributed by atoms with Crippen LogP contribution in [0.15, 0.2) is 120 Å². The van der Waals surface area contributed by atoms with Crippen molar-refractivity contribution >= 4 is 46.5 Å². The van der Waals surface area contributed by atoms with Gasteiger partial charge in [-0.25, -0.2) is 0 Å². The number of nitrogens with one attached hydrogen (secondary N) is 1. The van der Waals surface area contributed by atoms with Crippen molar-refractivity contribution in [2.45, 2.75) is 46.4 Å². The van der Waals surface area contributed by atoms with E-state index in [9.17, 15) is 0 Å². The summed E-state index contributed by atoms with van der Waals surface area (Å²) in [6.45, 7) is 6.76. The molecule has 2 nitrogen and oxygen atoms in total. The van der Waals surface area contributed by atoms with Crippen LogP contribution >= 0.6 is 0 Å². The lowest BCUT2D eigenvalue weighted by Gasteiger charge is -2.20. The molecule has 0 bridgehead atoms. The fourth-order valence-electron chi connectivity index (χ4n) is 6.09. The second-order valence-electron chi connectivity index (χ2n) is 11.1. The number of hydrogen-bond donors (Lipinski definition) is 1. The first-order chi connectivity index (χ1) is 20.7. The molecule has 1 aliphatic heterocycles. The van der Waals surface area contributed by atoms with Crippen LogP contribution in [0.3, 0.4) is 0 Å². The van der Waals surface area contributed by atoms with Gasteiger partial charge in [0.05, 0.1) is 0 Å². The van der Waals surface area contributed by atoms with Gasteiger partial charge < -0.3 is 5.32 Å². The topological polar surface area (TPSA) is 24.4 Å². The Bertz CT molecular complexity index is 1700. The minimum absolute atomic E-state index is 0.352.